The Kier molecular flexibility index (Phi) is 4.95. The lowest BCUT2D eigenvalue weighted by Crippen LogP contribution is -2.45. The van der Waals surface area contributed by atoms with Gasteiger partial charge in [0, 0.05) is 7.05 Å². The molecule has 19 heavy (non-hydrogen) atoms. The van der Waals surface area contributed by atoms with Crippen molar-refractivity contribution < 1.29 is 9.53 Å². The van der Waals surface area contributed by atoms with Crippen LogP contribution in [-0.4, -0.2) is 20.1 Å². The Labute approximate surface area is 115 Å². The second-order valence-corrected chi connectivity index (χ2v) is 5.44. The molecule has 0 heterocycles. The van der Waals surface area contributed by atoms with Crippen molar-refractivity contribution in [2.24, 2.45) is 0 Å². The van der Waals surface area contributed by atoms with Crippen LogP contribution in [0.15, 0.2) is 18.2 Å². The third-order valence-electron chi connectivity index (χ3n) is 3.38. The summed E-state index contributed by atoms with van der Waals surface area (Å²) in [7, 11) is 3.35. The van der Waals surface area contributed by atoms with Crippen LogP contribution >= 0.6 is 0 Å². The summed E-state index contributed by atoms with van der Waals surface area (Å²) in [4.78, 5) is 12.1. The highest BCUT2D eigenvalue weighted by Crippen LogP contribution is 2.32. The first-order valence-electron chi connectivity index (χ1n) is 6.50. The molecule has 2 N–H and O–H groups in total. The van der Waals surface area contributed by atoms with Gasteiger partial charge in [0.05, 0.1) is 12.5 Å². The Morgan fingerprint density at radius 2 is 1.95 bits per heavy atom. The molecule has 0 radical (unpaired) electrons. The van der Waals surface area contributed by atoms with Crippen LogP contribution in [-0.2, 0) is 10.2 Å². The fraction of sp³-hybridized carbons (Fsp3) is 0.533. The lowest BCUT2D eigenvalue weighted by molar-refractivity contribution is -0.126. The Balaban J connectivity index is 3.21. The molecule has 4 heteroatoms. The fourth-order valence-electron chi connectivity index (χ4n) is 1.98. The summed E-state index contributed by atoms with van der Waals surface area (Å²) in [5.41, 5.74) is 6.81. The summed E-state index contributed by atoms with van der Waals surface area (Å²) in [6.07, 6.45) is 0. The maximum atomic E-state index is 12.1. The van der Waals surface area contributed by atoms with Gasteiger partial charge in [-0.3, -0.25) is 10.2 Å². The Hall–Kier alpha value is -1.55. The van der Waals surface area contributed by atoms with Gasteiger partial charge in [-0.2, -0.15) is 0 Å². The molecule has 1 rings (SSSR count). The van der Waals surface area contributed by atoms with Crippen LogP contribution in [0.3, 0.4) is 0 Å². The maximum absolute atomic E-state index is 12.1. The highest BCUT2D eigenvalue weighted by atomic mass is 16.5. The SMILES string of the molecule is CNNC(=O)C(C)(C)c1ccc(OC)c(C(C)C)c1. The number of benzene rings is 1. The predicted molar refractivity (Wildman–Crippen MR) is 77.3 cm³/mol. The van der Waals surface area contributed by atoms with Crippen LogP contribution in [0, 0.1) is 0 Å². The van der Waals surface area contributed by atoms with E-state index < -0.39 is 5.41 Å². The van der Waals surface area contributed by atoms with Crippen molar-refractivity contribution in [1.82, 2.24) is 10.9 Å². The van der Waals surface area contributed by atoms with E-state index in [2.05, 4.69) is 30.8 Å². The van der Waals surface area contributed by atoms with Crippen molar-refractivity contribution in [1.29, 1.82) is 0 Å². The number of hydrogen-bond acceptors (Lipinski definition) is 3. The van der Waals surface area contributed by atoms with Crippen LogP contribution in [0.25, 0.3) is 0 Å². The Morgan fingerprint density at radius 3 is 2.42 bits per heavy atom. The summed E-state index contributed by atoms with van der Waals surface area (Å²) in [5.74, 6) is 1.15. The van der Waals surface area contributed by atoms with E-state index in [0.29, 0.717) is 5.92 Å². The molecule has 0 aromatic heterocycles. The molecule has 0 aliphatic heterocycles. The molecule has 0 atom stereocenters. The van der Waals surface area contributed by atoms with E-state index in [1.165, 1.54) is 0 Å². The minimum Gasteiger partial charge on any atom is -0.496 e. The number of hydrogen-bond donors (Lipinski definition) is 2. The largest absolute Gasteiger partial charge is 0.496 e. The van der Waals surface area contributed by atoms with Crippen molar-refractivity contribution in [3.63, 3.8) is 0 Å². The highest BCUT2D eigenvalue weighted by Gasteiger charge is 2.30. The monoisotopic (exact) mass is 264 g/mol. The van der Waals surface area contributed by atoms with Crippen LogP contribution in [0.2, 0.25) is 0 Å². The average molecular weight is 264 g/mol. The minimum atomic E-state index is -0.598. The normalized spacial score (nSPS) is 11.5. The van der Waals surface area contributed by atoms with Gasteiger partial charge in [0.1, 0.15) is 5.75 Å². The number of ether oxygens (including phenoxy) is 1. The number of hydrazine groups is 1. The summed E-state index contributed by atoms with van der Waals surface area (Å²) >= 11 is 0. The number of carbonyl (C=O) groups is 1. The zero-order valence-corrected chi connectivity index (χ0v) is 12.6. The molecule has 0 saturated carbocycles. The third-order valence-corrected chi connectivity index (χ3v) is 3.38. The van der Waals surface area contributed by atoms with E-state index in [0.717, 1.165) is 16.9 Å². The fourth-order valence-corrected chi connectivity index (χ4v) is 1.98. The van der Waals surface area contributed by atoms with Crippen LogP contribution < -0.4 is 15.6 Å². The molecule has 1 aromatic carbocycles. The van der Waals surface area contributed by atoms with Gasteiger partial charge in [0.2, 0.25) is 5.91 Å². The molecule has 0 saturated heterocycles. The molecule has 0 unspecified atom stereocenters. The molecule has 1 amide bonds. The van der Waals surface area contributed by atoms with Crippen LogP contribution in [0.1, 0.15) is 44.7 Å². The first-order valence-corrected chi connectivity index (χ1v) is 6.50. The zero-order valence-electron chi connectivity index (χ0n) is 12.6. The van der Waals surface area contributed by atoms with Crippen molar-refractivity contribution in [3.05, 3.63) is 29.3 Å². The van der Waals surface area contributed by atoms with Gasteiger partial charge < -0.3 is 4.74 Å². The number of amides is 1. The summed E-state index contributed by atoms with van der Waals surface area (Å²) in [5, 5.41) is 0. The highest BCUT2D eigenvalue weighted by molar-refractivity contribution is 5.87. The smallest absolute Gasteiger partial charge is 0.244 e. The quantitative estimate of drug-likeness (QED) is 0.803. The van der Waals surface area contributed by atoms with Crippen molar-refractivity contribution in [3.8, 4) is 5.75 Å². The second kappa shape index (κ2) is 6.06. The summed E-state index contributed by atoms with van der Waals surface area (Å²) < 4.78 is 5.37. The van der Waals surface area contributed by atoms with Gasteiger partial charge in [-0.1, -0.05) is 26.0 Å². The molecule has 0 aliphatic carbocycles. The van der Waals surface area contributed by atoms with Crippen LogP contribution in [0.4, 0.5) is 0 Å². The third kappa shape index (κ3) is 3.26. The first-order chi connectivity index (χ1) is 8.84. The minimum absolute atomic E-state index is 0.0603. The van der Waals surface area contributed by atoms with Crippen molar-refractivity contribution >= 4 is 5.91 Å². The van der Waals surface area contributed by atoms with Gasteiger partial charge in [-0.25, -0.2) is 5.43 Å². The van der Waals surface area contributed by atoms with E-state index >= 15 is 0 Å². The Morgan fingerprint density at radius 1 is 1.32 bits per heavy atom. The van der Waals surface area contributed by atoms with Crippen molar-refractivity contribution in [2.75, 3.05) is 14.2 Å². The molecule has 106 valence electrons. The number of methoxy groups -OCH3 is 1. The molecule has 0 fully saturated rings. The first kappa shape index (κ1) is 15.5. The second-order valence-electron chi connectivity index (χ2n) is 5.44. The zero-order chi connectivity index (χ0) is 14.6. The molecule has 4 nitrogen and oxygen atoms in total. The standard InChI is InChI=1S/C15H24N2O2/c1-10(2)12-9-11(7-8-13(12)19-6)15(3,4)14(18)17-16-5/h7-10,16H,1-6H3,(H,17,18). The molecular formula is C15H24N2O2. The molecular weight excluding hydrogens is 240 g/mol. The molecule has 0 aliphatic rings. The van der Waals surface area contributed by atoms with Crippen molar-refractivity contribution in [2.45, 2.75) is 39.0 Å². The van der Waals surface area contributed by atoms with E-state index in [4.69, 9.17) is 4.74 Å². The van der Waals surface area contributed by atoms with Gasteiger partial charge in [-0.15, -0.1) is 0 Å². The van der Waals surface area contributed by atoms with Gasteiger partial charge in [0.25, 0.3) is 0 Å². The molecule has 0 bridgehead atoms. The van der Waals surface area contributed by atoms with Gasteiger partial charge >= 0.3 is 0 Å². The van der Waals surface area contributed by atoms with Gasteiger partial charge in [-0.05, 0) is 37.0 Å². The van der Waals surface area contributed by atoms with E-state index in [1.807, 2.05) is 26.0 Å². The molecule has 0 spiro atoms. The predicted octanol–water partition coefficient (Wildman–Crippen LogP) is 2.35. The Bertz CT molecular complexity index is 453. The van der Waals surface area contributed by atoms with Gasteiger partial charge in [0.15, 0.2) is 0 Å². The number of rotatable bonds is 5. The lowest BCUT2D eigenvalue weighted by Gasteiger charge is -2.25. The summed E-state index contributed by atoms with van der Waals surface area (Å²) in [6.45, 7) is 8.04. The van der Waals surface area contributed by atoms with E-state index in [-0.39, 0.29) is 5.91 Å². The average Bonchev–Trinajstić information content (AvgIpc) is 2.38. The maximum Gasteiger partial charge on any atom is 0.244 e. The van der Waals surface area contributed by atoms with E-state index in [9.17, 15) is 4.79 Å². The number of nitrogens with one attached hydrogen (secondary N) is 2. The topological polar surface area (TPSA) is 50.4 Å². The van der Waals surface area contributed by atoms with Crippen LogP contribution in [0.5, 0.6) is 5.75 Å². The van der Waals surface area contributed by atoms with E-state index in [1.54, 1.807) is 14.2 Å². The number of carbonyl (C=O) groups excluding carboxylic acids is 1. The lowest BCUT2D eigenvalue weighted by atomic mass is 9.82. The summed E-state index contributed by atoms with van der Waals surface area (Å²) in [6, 6.07) is 5.93. The molecule has 1 aromatic rings.